The molecule has 58 valence electrons. The molecule has 10 heavy (non-hydrogen) atoms. The molecular weight excluding hydrogens is 190 g/mol. The molecule has 2 heteroatoms. The second-order valence-electron chi connectivity index (χ2n) is 3.82. The number of halogens is 1. The summed E-state index contributed by atoms with van der Waals surface area (Å²) < 4.78 is 0. The van der Waals surface area contributed by atoms with Crippen molar-refractivity contribution < 1.29 is 0 Å². The van der Waals surface area contributed by atoms with Crippen LogP contribution in [0.15, 0.2) is 0 Å². The summed E-state index contributed by atoms with van der Waals surface area (Å²) in [5.74, 6) is 2.82. The van der Waals surface area contributed by atoms with Gasteiger partial charge in [-0.3, -0.25) is 0 Å². The van der Waals surface area contributed by atoms with Gasteiger partial charge in [-0.2, -0.15) is 0 Å². The number of nitrogens with two attached hydrogens (primary N) is 1. The van der Waals surface area contributed by atoms with Gasteiger partial charge >= 0.3 is 0 Å². The maximum Gasteiger partial charge on any atom is 0.00726 e. The Hall–Kier alpha value is 0.440. The third-order valence-electron chi connectivity index (χ3n) is 3.19. The fourth-order valence-corrected chi connectivity index (χ4v) is 3.06. The van der Waals surface area contributed by atoms with Crippen LogP contribution in [0.4, 0.5) is 0 Å². The van der Waals surface area contributed by atoms with E-state index in [0.717, 1.165) is 17.8 Å². The molecule has 2 saturated carbocycles. The summed E-state index contributed by atoms with van der Waals surface area (Å²) in [6.45, 7) is 0. The van der Waals surface area contributed by atoms with Crippen LogP contribution in [0.1, 0.15) is 19.3 Å². The molecule has 0 radical (unpaired) electrons. The SMILES string of the molecule is NC1CC2CC(CBr)CC12. The van der Waals surface area contributed by atoms with Crippen molar-refractivity contribution in [2.75, 3.05) is 5.33 Å². The Bertz CT molecular complexity index is 137. The zero-order valence-electron chi connectivity index (χ0n) is 6.09. The average molecular weight is 204 g/mol. The van der Waals surface area contributed by atoms with E-state index in [1.807, 2.05) is 0 Å². The average Bonchev–Trinajstić information content (AvgIpc) is 2.26. The molecule has 2 N–H and O–H groups in total. The van der Waals surface area contributed by atoms with Gasteiger partial charge in [0.2, 0.25) is 0 Å². The minimum absolute atomic E-state index is 0.550. The normalized spacial score (nSPS) is 52.2. The molecule has 0 bridgehead atoms. The molecule has 2 aliphatic rings. The molecule has 1 nitrogen and oxygen atoms in total. The van der Waals surface area contributed by atoms with E-state index in [4.69, 9.17) is 5.73 Å². The Morgan fingerprint density at radius 3 is 2.60 bits per heavy atom. The Morgan fingerprint density at radius 1 is 1.30 bits per heavy atom. The molecular formula is C8H14BrN. The molecule has 4 atom stereocenters. The third-order valence-corrected chi connectivity index (χ3v) is 4.11. The van der Waals surface area contributed by atoms with E-state index >= 15 is 0 Å². The molecule has 0 aromatic carbocycles. The van der Waals surface area contributed by atoms with E-state index in [9.17, 15) is 0 Å². The van der Waals surface area contributed by atoms with Crippen molar-refractivity contribution >= 4 is 15.9 Å². The van der Waals surface area contributed by atoms with Gasteiger partial charge in [0.05, 0.1) is 0 Å². The van der Waals surface area contributed by atoms with Gasteiger partial charge in [0.15, 0.2) is 0 Å². The number of hydrogen-bond donors (Lipinski definition) is 1. The summed E-state index contributed by atoms with van der Waals surface area (Å²) in [7, 11) is 0. The van der Waals surface area contributed by atoms with Gasteiger partial charge in [0, 0.05) is 11.4 Å². The second kappa shape index (κ2) is 2.49. The van der Waals surface area contributed by atoms with Crippen LogP contribution in [0.5, 0.6) is 0 Å². The molecule has 0 heterocycles. The lowest BCUT2D eigenvalue weighted by molar-refractivity contribution is 0.173. The maximum atomic E-state index is 5.87. The monoisotopic (exact) mass is 203 g/mol. The van der Waals surface area contributed by atoms with Crippen molar-refractivity contribution in [1.29, 1.82) is 0 Å². The van der Waals surface area contributed by atoms with E-state index in [-0.39, 0.29) is 0 Å². The lowest BCUT2D eigenvalue weighted by atomic mass is 9.72. The first-order valence-electron chi connectivity index (χ1n) is 4.12. The summed E-state index contributed by atoms with van der Waals surface area (Å²) in [6.07, 6.45) is 4.12. The van der Waals surface area contributed by atoms with Gasteiger partial charge in [0.25, 0.3) is 0 Å². The number of hydrogen-bond acceptors (Lipinski definition) is 1. The topological polar surface area (TPSA) is 26.0 Å². The molecule has 0 aromatic heterocycles. The lowest BCUT2D eigenvalue weighted by Gasteiger charge is -2.37. The molecule has 0 amide bonds. The van der Waals surface area contributed by atoms with Crippen molar-refractivity contribution in [3.8, 4) is 0 Å². The Balaban J connectivity index is 1.93. The first-order valence-corrected chi connectivity index (χ1v) is 5.25. The fourth-order valence-electron chi connectivity index (χ4n) is 2.53. The van der Waals surface area contributed by atoms with Crippen LogP contribution in [0.25, 0.3) is 0 Å². The van der Waals surface area contributed by atoms with Gasteiger partial charge in [-0.1, -0.05) is 15.9 Å². The Kier molecular flexibility index (Phi) is 1.77. The first-order chi connectivity index (χ1) is 4.81. The number of alkyl halides is 1. The summed E-state index contributed by atoms with van der Waals surface area (Å²) >= 11 is 3.54. The van der Waals surface area contributed by atoms with Crippen molar-refractivity contribution in [3.63, 3.8) is 0 Å². The van der Waals surface area contributed by atoms with Gasteiger partial charge in [-0.15, -0.1) is 0 Å². The number of rotatable bonds is 1. The fraction of sp³-hybridized carbons (Fsp3) is 1.00. The zero-order chi connectivity index (χ0) is 7.14. The van der Waals surface area contributed by atoms with Crippen molar-refractivity contribution in [3.05, 3.63) is 0 Å². The van der Waals surface area contributed by atoms with Gasteiger partial charge in [-0.05, 0) is 37.0 Å². The van der Waals surface area contributed by atoms with Gasteiger partial charge < -0.3 is 5.73 Å². The number of fused-ring (bicyclic) bond motifs is 1. The highest BCUT2D eigenvalue weighted by molar-refractivity contribution is 9.09. The molecule has 0 saturated heterocycles. The zero-order valence-corrected chi connectivity index (χ0v) is 7.68. The predicted molar refractivity (Wildman–Crippen MR) is 46.1 cm³/mol. The largest absolute Gasteiger partial charge is 0.327 e. The predicted octanol–water partition coefficient (Wildman–Crippen LogP) is 1.75. The van der Waals surface area contributed by atoms with E-state index in [1.165, 1.54) is 24.6 Å². The molecule has 2 aliphatic carbocycles. The molecule has 0 aromatic rings. The van der Waals surface area contributed by atoms with E-state index in [2.05, 4.69) is 15.9 Å². The second-order valence-corrected chi connectivity index (χ2v) is 4.46. The Morgan fingerprint density at radius 2 is 2.10 bits per heavy atom. The highest BCUT2D eigenvalue weighted by atomic mass is 79.9. The van der Waals surface area contributed by atoms with E-state index < -0.39 is 0 Å². The summed E-state index contributed by atoms with van der Waals surface area (Å²) in [5.41, 5.74) is 5.87. The van der Waals surface area contributed by atoms with Crippen LogP contribution in [0.2, 0.25) is 0 Å². The van der Waals surface area contributed by atoms with Crippen molar-refractivity contribution in [1.82, 2.24) is 0 Å². The molecule has 2 fully saturated rings. The van der Waals surface area contributed by atoms with Crippen LogP contribution in [0, 0.1) is 17.8 Å². The molecule has 0 aliphatic heterocycles. The van der Waals surface area contributed by atoms with Crippen LogP contribution in [0.3, 0.4) is 0 Å². The summed E-state index contributed by atoms with van der Waals surface area (Å²) in [5, 5.41) is 1.19. The smallest absolute Gasteiger partial charge is 0.00726 e. The summed E-state index contributed by atoms with van der Waals surface area (Å²) in [6, 6.07) is 0.550. The minimum atomic E-state index is 0.550. The molecule has 4 unspecified atom stereocenters. The van der Waals surface area contributed by atoms with E-state index in [0.29, 0.717) is 6.04 Å². The molecule has 0 spiro atoms. The first kappa shape index (κ1) is 7.11. The Labute approximate surface area is 70.5 Å². The van der Waals surface area contributed by atoms with Crippen LogP contribution in [-0.4, -0.2) is 11.4 Å². The highest BCUT2D eigenvalue weighted by Gasteiger charge is 2.45. The highest BCUT2D eigenvalue weighted by Crippen LogP contribution is 2.49. The van der Waals surface area contributed by atoms with E-state index in [1.54, 1.807) is 0 Å². The quantitative estimate of drug-likeness (QED) is 0.647. The van der Waals surface area contributed by atoms with Gasteiger partial charge in [-0.25, -0.2) is 0 Å². The minimum Gasteiger partial charge on any atom is -0.327 e. The van der Waals surface area contributed by atoms with Crippen molar-refractivity contribution in [2.24, 2.45) is 23.5 Å². The maximum absolute atomic E-state index is 5.87. The lowest BCUT2D eigenvalue weighted by Crippen LogP contribution is -2.44. The van der Waals surface area contributed by atoms with Crippen molar-refractivity contribution in [2.45, 2.75) is 25.3 Å². The van der Waals surface area contributed by atoms with Crippen LogP contribution >= 0.6 is 15.9 Å². The third kappa shape index (κ3) is 0.928. The standard InChI is InChI=1S/C8H14BrN/c9-4-5-1-6-3-8(10)7(6)2-5/h5-8H,1-4,10H2. The van der Waals surface area contributed by atoms with Crippen LogP contribution < -0.4 is 5.73 Å². The summed E-state index contributed by atoms with van der Waals surface area (Å²) in [4.78, 5) is 0. The van der Waals surface area contributed by atoms with Crippen LogP contribution in [-0.2, 0) is 0 Å². The van der Waals surface area contributed by atoms with Gasteiger partial charge in [0.1, 0.15) is 0 Å². The molecule has 2 rings (SSSR count).